The van der Waals surface area contributed by atoms with Crippen LogP contribution in [0.25, 0.3) is 0 Å². The first-order valence-electron chi connectivity index (χ1n) is 7.96. The van der Waals surface area contributed by atoms with Crippen molar-refractivity contribution < 1.29 is 19.1 Å². The van der Waals surface area contributed by atoms with Gasteiger partial charge in [0.25, 0.3) is 0 Å². The van der Waals surface area contributed by atoms with E-state index in [0.29, 0.717) is 24.6 Å². The third-order valence-electron chi connectivity index (χ3n) is 3.26. The molecule has 0 aliphatic rings. The van der Waals surface area contributed by atoms with Crippen molar-refractivity contribution >= 4 is 11.9 Å². The monoisotopic (exact) mass is 334 g/mol. The highest BCUT2D eigenvalue weighted by molar-refractivity contribution is 5.89. The summed E-state index contributed by atoms with van der Waals surface area (Å²) in [7, 11) is 0. The van der Waals surface area contributed by atoms with E-state index in [-0.39, 0.29) is 11.9 Å². The minimum absolute atomic E-state index is 0.275. The van der Waals surface area contributed by atoms with Crippen LogP contribution in [0.2, 0.25) is 0 Å². The number of esters is 2. The minimum atomic E-state index is -0.275. The van der Waals surface area contributed by atoms with Crippen molar-refractivity contribution in [3.63, 3.8) is 0 Å². The molecule has 2 heterocycles. The van der Waals surface area contributed by atoms with Crippen LogP contribution in [0.15, 0.2) is 12.1 Å². The number of hydrogen-bond acceptors (Lipinski definition) is 4. The molecule has 0 bridgehead atoms. The van der Waals surface area contributed by atoms with E-state index in [4.69, 9.17) is 9.47 Å². The quantitative estimate of drug-likeness (QED) is 0.837. The van der Waals surface area contributed by atoms with Gasteiger partial charge in [-0.25, -0.2) is 9.59 Å². The lowest BCUT2D eigenvalue weighted by Crippen LogP contribution is -2.06. The molecule has 132 valence electrons. The van der Waals surface area contributed by atoms with Crippen molar-refractivity contribution in [3.05, 3.63) is 46.0 Å². The predicted molar refractivity (Wildman–Crippen MR) is 92.4 cm³/mol. The molecule has 24 heavy (non-hydrogen) atoms. The Morgan fingerprint density at radius 2 is 1.12 bits per heavy atom. The van der Waals surface area contributed by atoms with Gasteiger partial charge in [0.15, 0.2) is 0 Å². The molecule has 0 unspecified atom stereocenters. The maximum absolute atomic E-state index is 11.2. The minimum Gasteiger partial charge on any atom is -0.461 e. The van der Waals surface area contributed by atoms with Crippen molar-refractivity contribution in [2.75, 3.05) is 13.2 Å². The number of carbonyl (C=O) groups is 2. The van der Waals surface area contributed by atoms with E-state index >= 15 is 0 Å². The van der Waals surface area contributed by atoms with Gasteiger partial charge in [-0.1, -0.05) is 0 Å². The second kappa shape index (κ2) is 8.96. The number of aryl methyl sites for hydroxylation is 4. The second-order valence-corrected chi connectivity index (χ2v) is 5.46. The van der Waals surface area contributed by atoms with Crippen LogP contribution in [0, 0.1) is 27.7 Å². The normalized spacial score (nSPS) is 9.92. The van der Waals surface area contributed by atoms with Gasteiger partial charge in [-0.3, -0.25) is 0 Å². The fourth-order valence-corrected chi connectivity index (χ4v) is 2.29. The molecule has 0 aliphatic heterocycles. The Morgan fingerprint density at radius 3 is 1.33 bits per heavy atom. The molecule has 2 rings (SSSR count). The molecule has 0 atom stereocenters. The molecule has 0 aromatic carbocycles. The van der Waals surface area contributed by atoms with E-state index in [9.17, 15) is 9.59 Å². The maximum Gasteiger partial charge on any atom is 0.355 e. The SMILES string of the molecule is CCOC(=O)c1[nH]c(C)cc1C.CCOC(=O)c1[nH]c(C)cc1C. The lowest BCUT2D eigenvalue weighted by atomic mass is 10.3. The van der Waals surface area contributed by atoms with E-state index in [2.05, 4.69) is 9.97 Å². The summed E-state index contributed by atoms with van der Waals surface area (Å²) in [4.78, 5) is 28.4. The average molecular weight is 334 g/mol. The zero-order valence-electron chi connectivity index (χ0n) is 15.2. The standard InChI is InChI=1S/2C9H13NO2/c2*1-4-12-9(11)8-6(2)5-7(3)10-8/h2*5,10H,4H2,1-3H3. The number of nitrogens with one attached hydrogen (secondary N) is 2. The first-order valence-corrected chi connectivity index (χ1v) is 7.96. The van der Waals surface area contributed by atoms with Gasteiger partial charge in [0, 0.05) is 11.4 Å². The Morgan fingerprint density at radius 1 is 0.792 bits per heavy atom. The first kappa shape index (κ1) is 19.5. The summed E-state index contributed by atoms with van der Waals surface area (Å²) in [6.45, 7) is 12.0. The lowest BCUT2D eigenvalue weighted by Gasteiger charge is -1.99. The molecule has 2 aromatic rings. The largest absolute Gasteiger partial charge is 0.461 e. The van der Waals surface area contributed by atoms with Crippen molar-refractivity contribution in [2.45, 2.75) is 41.5 Å². The smallest absolute Gasteiger partial charge is 0.355 e. The number of carbonyl (C=O) groups excluding carboxylic acids is 2. The molecule has 0 amide bonds. The third kappa shape index (κ3) is 5.30. The molecule has 0 saturated heterocycles. The summed E-state index contributed by atoms with van der Waals surface area (Å²) < 4.78 is 9.70. The number of H-pyrrole nitrogens is 2. The average Bonchev–Trinajstić information content (AvgIpc) is 3.01. The van der Waals surface area contributed by atoms with E-state index < -0.39 is 0 Å². The highest BCUT2D eigenvalue weighted by atomic mass is 16.5. The second-order valence-electron chi connectivity index (χ2n) is 5.46. The first-order chi connectivity index (χ1) is 11.3. The van der Waals surface area contributed by atoms with Gasteiger partial charge < -0.3 is 19.4 Å². The summed E-state index contributed by atoms with van der Waals surface area (Å²) in [6, 6.07) is 3.85. The number of aromatic nitrogens is 2. The van der Waals surface area contributed by atoms with Crippen LogP contribution in [-0.2, 0) is 9.47 Å². The van der Waals surface area contributed by atoms with Gasteiger partial charge in [-0.15, -0.1) is 0 Å². The van der Waals surface area contributed by atoms with E-state index in [1.165, 1.54) is 0 Å². The number of hydrogen-bond donors (Lipinski definition) is 2. The van der Waals surface area contributed by atoms with Gasteiger partial charge in [0.05, 0.1) is 13.2 Å². The van der Waals surface area contributed by atoms with Crippen LogP contribution in [0.1, 0.15) is 57.3 Å². The van der Waals surface area contributed by atoms with Crippen molar-refractivity contribution in [1.82, 2.24) is 9.97 Å². The summed E-state index contributed by atoms with van der Waals surface area (Å²) in [6.07, 6.45) is 0. The number of rotatable bonds is 4. The fourth-order valence-electron chi connectivity index (χ4n) is 2.29. The molecular formula is C18H26N2O4. The van der Waals surface area contributed by atoms with Crippen LogP contribution >= 0.6 is 0 Å². The molecule has 0 radical (unpaired) electrons. The molecule has 2 aromatic heterocycles. The molecular weight excluding hydrogens is 308 g/mol. The fraction of sp³-hybridized carbons (Fsp3) is 0.444. The lowest BCUT2D eigenvalue weighted by molar-refractivity contribution is 0.0509. The van der Waals surface area contributed by atoms with Gasteiger partial charge in [-0.05, 0) is 64.8 Å². The summed E-state index contributed by atoms with van der Waals surface area (Å²) in [5, 5.41) is 0. The Labute approximate surface area is 142 Å². The Hall–Kier alpha value is -2.50. The van der Waals surface area contributed by atoms with E-state index in [0.717, 1.165) is 22.5 Å². The maximum atomic E-state index is 11.2. The zero-order chi connectivity index (χ0) is 18.3. The molecule has 2 N–H and O–H groups in total. The highest BCUT2D eigenvalue weighted by Crippen LogP contribution is 2.10. The van der Waals surface area contributed by atoms with E-state index in [1.807, 2.05) is 39.8 Å². The molecule has 0 fully saturated rings. The molecule has 0 saturated carbocycles. The molecule has 6 nitrogen and oxygen atoms in total. The third-order valence-corrected chi connectivity index (χ3v) is 3.26. The Kier molecular flexibility index (Phi) is 7.30. The van der Waals surface area contributed by atoms with Gasteiger partial charge in [0.1, 0.15) is 11.4 Å². The van der Waals surface area contributed by atoms with Crippen LogP contribution < -0.4 is 0 Å². The van der Waals surface area contributed by atoms with Gasteiger partial charge in [-0.2, -0.15) is 0 Å². The van der Waals surface area contributed by atoms with Crippen LogP contribution in [0.4, 0.5) is 0 Å². The Bertz CT molecular complexity index is 638. The molecule has 0 spiro atoms. The van der Waals surface area contributed by atoms with Crippen LogP contribution in [0.5, 0.6) is 0 Å². The highest BCUT2D eigenvalue weighted by Gasteiger charge is 2.12. The van der Waals surface area contributed by atoms with Crippen molar-refractivity contribution in [2.24, 2.45) is 0 Å². The zero-order valence-corrected chi connectivity index (χ0v) is 15.2. The Balaban J connectivity index is 0.000000240. The van der Waals surface area contributed by atoms with Crippen LogP contribution in [-0.4, -0.2) is 35.1 Å². The molecule has 0 aliphatic carbocycles. The number of ether oxygens (including phenoxy) is 2. The molecule has 6 heteroatoms. The van der Waals surface area contributed by atoms with Crippen molar-refractivity contribution in [3.8, 4) is 0 Å². The van der Waals surface area contributed by atoms with E-state index in [1.54, 1.807) is 13.8 Å². The van der Waals surface area contributed by atoms with Gasteiger partial charge >= 0.3 is 11.9 Å². The summed E-state index contributed by atoms with van der Waals surface area (Å²) in [5.41, 5.74) is 4.96. The van der Waals surface area contributed by atoms with Crippen molar-refractivity contribution in [1.29, 1.82) is 0 Å². The topological polar surface area (TPSA) is 84.2 Å². The summed E-state index contributed by atoms with van der Waals surface area (Å²) >= 11 is 0. The summed E-state index contributed by atoms with van der Waals surface area (Å²) in [5.74, 6) is -0.550. The number of aromatic amines is 2. The predicted octanol–water partition coefficient (Wildman–Crippen LogP) is 3.62. The van der Waals surface area contributed by atoms with Crippen LogP contribution in [0.3, 0.4) is 0 Å². The van der Waals surface area contributed by atoms with Gasteiger partial charge in [0.2, 0.25) is 0 Å².